The summed E-state index contributed by atoms with van der Waals surface area (Å²) in [6, 6.07) is 12.8. The van der Waals surface area contributed by atoms with Crippen molar-refractivity contribution in [1.29, 1.82) is 0 Å². The molecule has 0 spiro atoms. The van der Waals surface area contributed by atoms with Crippen molar-refractivity contribution in [2.24, 2.45) is 0 Å². The maximum Gasteiger partial charge on any atom is 0.242 e. The Morgan fingerprint density at radius 3 is 1.43 bits per heavy atom. The van der Waals surface area contributed by atoms with Gasteiger partial charge < -0.3 is 9.80 Å². The average molecular weight is 379 g/mol. The summed E-state index contributed by atoms with van der Waals surface area (Å²) in [6.07, 6.45) is 1.57. The van der Waals surface area contributed by atoms with Crippen LogP contribution in [0.25, 0.3) is 0 Å². The van der Waals surface area contributed by atoms with Gasteiger partial charge in [0.1, 0.15) is 0 Å². The van der Waals surface area contributed by atoms with Crippen molar-refractivity contribution in [2.45, 2.75) is 40.5 Å². The number of hydrogen-bond acceptors (Lipinski definition) is 2. The highest BCUT2D eigenvalue weighted by Gasteiger charge is 2.29. The topological polar surface area (TPSA) is 40.6 Å². The fraction of sp³-hybridized carbons (Fsp3) is 0.417. The van der Waals surface area contributed by atoms with E-state index in [0.29, 0.717) is 13.1 Å². The summed E-state index contributed by atoms with van der Waals surface area (Å²) in [5.41, 5.74) is 7.44. The molecular weight excluding hydrogens is 348 g/mol. The molecule has 148 valence electrons. The minimum absolute atomic E-state index is 0.0463. The first-order valence-corrected chi connectivity index (χ1v) is 10.0. The van der Waals surface area contributed by atoms with Crippen molar-refractivity contribution < 1.29 is 9.59 Å². The maximum absolute atomic E-state index is 12.6. The first-order chi connectivity index (χ1) is 13.3. The summed E-state index contributed by atoms with van der Waals surface area (Å²) in [5.74, 6) is 0.0926. The predicted octanol–water partition coefficient (Wildman–Crippen LogP) is 3.38. The molecule has 4 nitrogen and oxygen atoms in total. The highest BCUT2D eigenvalue weighted by Crippen LogP contribution is 2.15. The number of nitrogens with zero attached hydrogens (tertiary/aromatic N) is 2. The molecule has 2 aromatic carbocycles. The van der Waals surface area contributed by atoms with E-state index in [4.69, 9.17) is 0 Å². The molecule has 2 aromatic rings. The lowest BCUT2D eigenvalue weighted by Crippen LogP contribution is -2.54. The zero-order chi connectivity index (χ0) is 20.3. The molecule has 3 rings (SSSR count). The maximum atomic E-state index is 12.6. The van der Waals surface area contributed by atoms with Crippen LogP contribution >= 0.6 is 0 Å². The van der Waals surface area contributed by atoms with Crippen LogP contribution in [0.5, 0.6) is 0 Å². The van der Waals surface area contributed by atoms with Gasteiger partial charge in [0.2, 0.25) is 11.8 Å². The van der Waals surface area contributed by atoms with Gasteiger partial charge in [-0.1, -0.05) is 47.5 Å². The second-order valence-electron chi connectivity index (χ2n) is 7.99. The quantitative estimate of drug-likeness (QED) is 0.773. The van der Waals surface area contributed by atoms with Gasteiger partial charge in [0.05, 0.1) is 13.1 Å². The molecule has 4 heteroatoms. The van der Waals surface area contributed by atoms with E-state index >= 15 is 0 Å². The third-order valence-electron chi connectivity index (χ3n) is 5.66. The number of hydrogen-bond donors (Lipinski definition) is 0. The Kier molecular flexibility index (Phi) is 6.18. The molecule has 1 heterocycles. The molecular formula is C24H30N2O2. The third-order valence-corrected chi connectivity index (χ3v) is 5.66. The van der Waals surface area contributed by atoms with Gasteiger partial charge in [-0.25, -0.2) is 0 Å². The van der Waals surface area contributed by atoms with Crippen LogP contribution in [0.15, 0.2) is 36.4 Å². The monoisotopic (exact) mass is 378 g/mol. The summed E-state index contributed by atoms with van der Waals surface area (Å²) in [7, 11) is 0. The Morgan fingerprint density at radius 1 is 0.679 bits per heavy atom. The number of amides is 2. The summed E-state index contributed by atoms with van der Waals surface area (Å²) in [5, 5.41) is 0. The van der Waals surface area contributed by atoms with Gasteiger partial charge in [-0.2, -0.15) is 0 Å². The van der Waals surface area contributed by atoms with Crippen LogP contribution in [0.4, 0.5) is 0 Å². The largest absolute Gasteiger partial charge is 0.332 e. The molecule has 28 heavy (non-hydrogen) atoms. The summed E-state index contributed by atoms with van der Waals surface area (Å²) < 4.78 is 0. The molecule has 0 radical (unpaired) electrons. The van der Waals surface area contributed by atoms with Crippen molar-refractivity contribution in [2.75, 3.05) is 26.2 Å². The molecule has 1 fully saturated rings. The molecule has 0 N–H and O–H groups in total. The van der Waals surface area contributed by atoms with Gasteiger partial charge >= 0.3 is 0 Å². The van der Waals surface area contributed by atoms with Crippen LogP contribution in [0.1, 0.15) is 33.4 Å². The first kappa shape index (κ1) is 20.1. The molecule has 2 amide bonds. The molecule has 0 aromatic heterocycles. The standard InChI is InChI=1S/C24H30N2O2/c1-17-5-7-21(19(3)13-17)9-11-25-15-24(28)26(16-23(25)27)12-10-22-8-6-18(2)14-20(22)4/h5-8,13-14H,9-12,15-16H2,1-4H3. The van der Waals surface area contributed by atoms with Crippen molar-refractivity contribution in [1.82, 2.24) is 9.80 Å². The van der Waals surface area contributed by atoms with Crippen LogP contribution in [0.2, 0.25) is 0 Å². The Bertz CT molecular complexity index is 815. The molecule has 0 atom stereocenters. The lowest BCUT2D eigenvalue weighted by atomic mass is 10.0. The Labute approximate surface area is 168 Å². The lowest BCUT2D eigenvalue weighted by molar-refractivity contribution is -0.150. The van der Waals surface area contributed by atoms with Crippen molar-refractivity contribution in [3.63, 3.8) is 0 Å². The van der Waals surface area contributed by atoms with Crippen molar-refractivity contribution >= 4 is 11.8 Å². The highest BCUT2D eigenvalue weighted by molar-refractivity contribution is 5.92. The Hall–Kier alpha value is -2.62. The fourth-order valence-corrected chi connectivity index (χ4v) is 3.87. The summed E-state index contributed by atoms with van der Waals surface area (Å²) >= 11 is 0. The minimum atomic E-state index is 0.0463. The fourth-order valence-electron chi connectivity index (χ4n) is 3.87. The van der Waals surface area contributed by atoms with Crippen LogP contribution < -0.4 is 0 Å². The molecule has 0 aliphatic carbocycles. The number of aryl methyl sites for hydroxylation is 4. The van der Waals surface area contributed by atoms with Gasteiger partial charge in [0.25, 0.3) is 0 Å². The van der Waals surface area contributed by atoms with Crippen LogP contribution in [-0.2, 0) is 22.4 Å². The average Bonchev–Trinajstić information content (AvgIpc) is 2.63. The predicted molar refractivity (Wildman–Crippen MR) is 112 cm³/mol. The van der Waals surface area contributed by atoms with E-state index in [-0.39, 0.29) is 24.9 Å². The molecule has 0 unspecified atom stereocenters. The van der Waals surface area contributed by atoms with E-state index in [1.165, 1.54) is 33.4 Å². The van der Waals surface area contributed by atoms with Crippen molar-refractivity contribution in [3.05, 3.63) is 69.8 Å². The lowest BCUT2D eigenvalue weighted by Gasteiger charge is -2.34. The highest BCUT2D eigenvalue weighted by atomic mass is 16.2. The van der Waals surface area contributed by atoms with Gasteiger partial charge in [0, 0.05) is 13.1 Å². The Balaban J connectivity index is 1.54. The van der Waals surface area contributed by atoms with E-state index in [2.05, 4.69) is 64.1 Å². The number of carbonyl (C=O) groups is 2. The van der Waals surface area contributed by atoms with E-state index in [1.807, 2.05) is 0 Å². The number of carbonyl (C=O) groups excluding carboxylic acids is 2. The number of piperazine rings is 1. The van der Waals surface area contributed by atoms with Crippen LogP contribution in [0.3, 0.4) is 0 Å². The Morgan fingerprint density at radius 2 is 1.07 bits per heavy atom. The van der Waals surface area contributed by atoms with Gasteiger partial charge in [0.15, 0.2) is 0 Å². The second kappa shape index (κ2) is 8.59. The van der Waals surface area contributed by atoms with Gasteiger partial charge in [-0.15, -0.1) is 0 Å². The van der Waals surface area contributed by atoms with Crippen LogP contribution in [-0.4, -0.2) is 47.8 Å². The van der Waals surface area contributed by atoms with E-state index in [9.17, 15) is 9.59 Å². The smallest absolute Gasteiger partial charge is 0.242 e. The van der Waals surface area contributed by atoms with Crippen molar-refractivity contribution in [3.8, 4) is 0 Å². The van der Waals surface area contributed by atoms with E-state index in [0.717, 1.165) is 12.8 Å². The molecule has 0 saturated carbocycles. The van der Waals surface area contributed by atoms with E-state index < -0.39 is 0 Å². The third kappa shape index (κ3) is 4.80. The molecule has 0 bridgehead atoms. The normalized spacial score (nSPS) is 14.7. The SMILES string of the molecule is Cc1ccc(CCN2CC(=O)N(CCc3ccc(C)cc3C)CC2=O)c(C)c1. The zero-order valence-electron chi connectivity index (χ0n) is 17.4. The molecule has 1 aliphatic rings. The minimum Gasteiger partial charge on any atom is -0.332 e. The zero-order valence-corrected chi connectivity index (χ0v) is 17.4. The molecule has 1 aliphatic heterocycles. The second-order valence-corrected chi connectivity index (χ2v) is 7.99. The van der Waals surface area contributed by atoms with Gasteiger partial charge in [-0.3, -0.25) is 9.59 Å². The van der Waals surface area contributed by atoms with Crippen LogP contribution in [0, 0.1) is 27.7 Å². The first-order valence-electron chi connectivity index (χ1n) is 10.0. The number of benzene rings is 2. The van der Waals surface area contributed by atoms with E-state index in [1.54, 1.807) is 9.80 Å². The van der Waals surface area contributed by atoms with Gasteiger partial charge in [-0.05, 0) is 62.8 Å². The molecule has 1 saturated heterocycles. The summed E-state index contributed by atoms with van der Waals surface area (Å²) in [4.78, 5) is 28.5. The summed E-state index contributed by atoms with van der Waals surface area (Å²) in [6.45, 7) is 9.93. The number of rotatable bonds is 6.